The Morgan fingerprint density at radius 1 is 1.18 bits per heavy atom. The van der Waals surface area contributed by atoms with Gasteiger partial charge in [-0.1, -0.05) is 12.1 Å². The molecule has 0 saturated carbocycles. The van der Waals surface area contributed by atoms with Crippen LogP contribution in [-0.4, -0.2) is 67.4 Å². The molecular weight excluding hydrogens is 441 g/mol. The summed E-state index contributed by atoms with van der Waals surface area (Å²) in [4.78, 5) is 26.5. The van der Waals surface area contributed by atoms with Crippen LogP contribution in [0.15, 0.2) is 42.5 Å². The van der Waals surface area contributed by atoms with Gasteiger partial charge in [0.2, 0.25) is 11.8 Å². The van der Waals surface area contributed by atoms with Crippen LogP contribution in [-0.2, 0) is 20.9 Å². The lowest BCUT2D eigenvalue weighted by Gasteiger charge is -2.37. The summed E-state index contributed by atoms with van der Waals surface area (Å²) in [5.41, 5.74) is 2.28. The van der Waals surface area contributed by atoms with E-state index in [2.05, 4.69) is 10.6 Å². The summed E-state index contributed by atoms with van der Waals surface area (Å²) < 4.78 is 25.4. The lowest BCUT2D eigenvalue weighted by Crippen LogP contribution is -2.47. The Bertz CT molecular complexity index is 1050. The molecule has 9 heteroatoms. The third kappa shape index (κ3) is 5.72. The fraction of sp³-hybridized carbons (Fsp3) is 0.440. The molecule has 4 rings (SSSR count). The lowest BCUT2D eigenvalue weighted by molar-refractivity contribution is -0.142. The number of amides is 2. The third-order valence-electron chi connectivity index (χ3n) is 6.03. The maximum Gasteiger partial charge on any atom is 0.238 e. The predicted molar refractivity (Wildman–Crippen MR) is 124 cm³/mol. The van der Waals surface area contributed by atoms with E-state index >= 15 is 0 Å². The van der Waals surface area contributed by atoms with E-state index in [0.717, 1.165) is 5.56 Å². The number of hydrogen-bond acceptors (Lipinski definition) is 6. The van der Waals surface area contributed by atoms with Gasteiger partial charge in [0.05, 0.1) is 25.7 Å². The number of aliphatic hydroxyl groups is 1. The van der Waals surface area contributed by atoms with Crippen molar-refractivity contribution in [1.82, 2.24) is 10.2 Å². The Kier molecular flexibility index (Phi) is 7.45. The minimum atomic E-state index is -0.570. The van der Waals surface area contributed by atoms with Crippen molar-refractivity contribution in [3.8, 4) is 5.75 Å². The first-order chi connectivity index (χ1) is 16.3. The van der Waals surface area contributed by atoms with Crippen molar-refractivity contribution in [2.75, 3.05) is 32.6 Å². The lowest BCUT2D eigenvalue weighted by atomic mass is 9.84. The third-order valence-corrected chi connectivity index (χ3v) is 6.03. The van der Waals surface area contributed by atoms with E-state index in [0.29, 0.717) is 23.4 Å². The van der Waals surface area contributed by atoms with Gasteiger partial charge in [0.1, 0.15) is 23.8 Å². The van der Waals surface area contributed by atoms with Crippen LogP contribution in [0, 0.1) is 5.82 Å². The van der Waals surface area contributed by atoms with Gasteiger partial charge < -0.3 is 30.1 Å². The van der Waals surface area contributed by atoms with Crippen LogP contribution in [0.2, 0.25) is 0 Å². The monoisotopic (exact) mass is 471 g/mol. The molecule has 0 bridgehead atoms. The van der Waals surface area contributed by atoms with Crippen molar-refractivity contribution >= 4 is 17.5 Å². The fourth-order valence-corrected chi connectivity index (χ4v) is 4.58. The quantitative estimate of drug-likeness (QED) is 0.545. The van der Waals surface area contributed by atoms with Gasteiger partial charge in [-0.3, -0.25) is 9.59 Å². The van der Waals surface area contributed by atoms with E-state index in [4.69, 9.17) is 9.47 Å². The fourth-order valence-electron chi connectivity index (χ4n) is 4.58. The van der Waals surface area contributed by atoms with Crippen molar-refractivity contribution in [2.24, 2.45) is 0 Å². The van der Waals surface area contributed by atoms with E-state index in [1.54, 1.807) is 23.1 Å². The molecule has 34 heavy (non-hydrogen) atoms. The first-order valence-electron chi connectivity index (χ1n) is 11.3. The maximum absolute atomic E-state index is 13.4. The van der Waals surface area contributed by atoms with Crippen molar-refractivity contribution in [2.45, 2.75) is 43.6 Å². The SMILES string of the molecule is CN(C)CC(=O)Nc1ccc2c(c1)[C@@H]1C[C@H](CC(=O)NCc3cccc(F)c3)O[C@H](CO)[C@@H]1O2. The number of fused-ring (bicyclic) bond motifs is 3. The molecule has 0 radical (unpaired) electrons. The Balaban J connectivity index is 1.41. The van der Waals surface area contributed by atoms with E-state index in [9.17, 15) is 19.1 Å². The van der Waals surface area contributed by atoms with Gasteiger partial charge in [-0.25, -0.2) is 4.39 Å². The van der Waals surface area contributed by atoms with Crippen LogP contribution >= 0.6 is 0 Å². The second-order valence-electron chi connectivity index (χ2n) is 9.05. The molecule has 0 unspecified atom stereocenters. The molecule has 8 nitrogen and oxygen atoms in total. The Labute approximate surface area is 198 Å². The molecule has 2 amide bonds. The van der Waals surface area contributed by atoms with Crippen molar-refractivity contribution in [1.29, 1.82) is 0 Å². The van der Waals surface area contributed by atoms with Gasteiger partial charge in [0, 0.05) is 23.7 Å². The van der Waals surface area contributed by atoms with Gasteiger partial charge in [-0.15, -0.1) is 0 Å². The minimum Gasteiger partial charge on any atom is -0.487 e. The average molecular weight is 472 g/mol. The maximum atomic E-state index is 13.4. The molecule has 0 aromatic heterocycles. The Morgan fingerprint density at radius 3 is 2.74 bits per heavy atom. The van der Waals surface area contributed by atoms with Crippen molar-refractivity contribution in [3.05, 3.63) is 59.4 Å². The predicted octanol–water partition coefficient (Wildman–Crippen LogP) is 2.03. The van der Waals surface area contributed by atoms with Gasteiger partial charge in [0.15, 0.2) is 0 Å². The number of benzene rings is 2. The highest BCUT2D eigenvalue weighted by Gasteiger charge is 2.46. The molecule has 3 N–H and O–H groups in total. The molecule has 0 spiro atoms. The Hall–Kier alpha value is -3.01. The summed E-state index contributed by atoms with van der Waals surface area (Å²) in [6.07, 6.45) is -0.689. The standard InChI is InChI=1S/C25H30FN3O5/c1-29(2)13-24(32)28-17-6-7-21-19(9-17)20-10-18(33-22(14-30)25(20)34-21)11-23(31)27-12-15-4-3-5-16(26)8-15/h3-9,18,20,22,25,30H,10-14H2,1-2H3,(H,27,31)(H,28,32)/t18-,20+,22-,25-/m1/s1. The molecule has 2 aliphatic rings. The van der Waals surface area contributed by atoms with Crippen molar-refractivity contribution < 1.29 is 28.6 Å². The second-order valence-corrected chi connectivity index (χ2v) is 9.05. The molecule has 2 heterocycles. The minimum absolute atomic E-state index is 0.0763. The second kappa shape index (κ2) is 10.5. The molecule has 4 atom stereocenters. The number of halogens is 1. The molecule has 1 saturated heterocycles. The van der Waals surface area contributed by atoms with Crippen LogP contribution < -0.4 is 15.4 Å². The normalized spacial score (nSPS) is 23.1. The largest absolute Gasteiger partial charge is 0.487 e. The number of rotatable bonds is 8. The van der Waals surface area contributed by atoms with Crippen LogP contribution in [0.1, 0.15) is 29.9 Å². The summed E-state index contributed by atoms with van der Waals surface area (Å²) in [5.74, 6) is -0.0652. The molecule has 2 aromatic carbocycles. The zero-order valence-corrected chi connectivity index (χ0v) is 19.3. The van der Waals surface area contributed by atoms with Crippen LogP contribution in [0.5, 0.6) is 5.75 Å². The number of ether oxygens (including phenoxy) is 2. The molecule has 0 aliphatic carbocycles. The molecule has 1 fully saturated rings. The average Bonchev–Trinajstić information content (AvgIpc) is 3.14. The molecule has 2 aliphatic heterocycles. The topological polar surface area (TPSA) is 100 Å². The van der Waals surface area contributed by atoms with E-state index in [1.165, 1.54) is 12.1 Å². The highest BCUT2D eigenvalue weighted by molar-refractivity contribution is 5.92. The number of nitrogens with zero attached hydrogens (tertiary/aromatic N) is 1. The molecule has 2 aromatic rings. The van der Waals surface area contributed by atoms with E-state index in [-0.39, 0.29) is 55.8 Å². The first kappa shape index (κ1) is 24.1. The number of anilines is 1. The number of carbonyl (C=O) groups excluding carboxylic acids is 2. The number of nitrogens with one attached hydrogen (secondary N) is 2. The zero-order chi connectivity index (χ0) is 24.2. The summed E-state index contributed by atoms with van der Waals surface area (Å²) in [6, 6.07) is 11.6. The first-order valence-corrected chi connectivity index (χ1v) is 11.3. The Morgan fingerprint density at radius 2 is 2.00 bits per heavy atom. The number of carbonyl (C=O) groups is 2. The summed E-state index contributed by atoms with van der Waals surface area (Å²) in [6.45, 7) is 0.261. The van der Waals surface area contributed by atoms with E-state index < -0.39 is 12.2 Å². The zero-order valence-electron chi connectivity index (χ0n) is 19.3. The van der Waals surface area contributed by atoms with Gasteiger partial charge >= 0.3 is 0 Å². The van der Waals surface area contributed by atoms with E-state index in [1.807, 2.05) is 26.2 Å². The highest BCUT2D eigenvalue weighted by Crippen LogP contribution is 2.47. The van der Waals surface area contributed by atoms with Gasteiger partial charge in [0.25, 0.3) is 0 Å². The summed E-state index contributed by atoms with van der Waals surface area (Å²) >= 11 is 0. The van der Waals surface area contributed by atoms with Crippen LogP contribution in [0.3, 0.4) is 0 Å². The van der Waals surface area contributed by atoms with Gasteiger partial charge in [-0.05, 0) is 56.4 Å². The highest BCUT2D eigenvalue weighted by atomic mass is 19.1. The smallest absolute Gasteiger partial charge is 0.238 e. The van der Waals surface area contributed by atoms with Gasteiger partial charge in [-0.2, -0.15) is 0 Å². The van der Waals surface area contributed by atoms with Crippen LogP contribution in [0.25, 0.3) is 0 Å². The summed E-state index contributed by atoms with van der Waals surface area (Å²) in [5, 5.41) is 15.6. The number of likely N-dealkylation sites (N-methyl/N-ethyl adjacent to an activating group) is 1. The van der Waals surface area contributed by atoms with Crippen LogP contribution in [0.4, 0.5) is 10.1 Å². The summed E-state index contributed by atoms with van der Waals surface area (Å²) in [7, 11) is 3.65. The molecular formula is C25H30FN3O5. The molecule has 182 valence electrons. The number of hydrogen-bond donors (Lipinski definition) is 3. The van der Waals surface area contributed by atoms with Crippen molar-refractivity contribution in [3.63, 3.8) is 0 Å². The number of aliphatic hydroxyl groups excluding tert-OH is 1.